The van der Waals surface area contributed by atoms with Gasteiger partial charge in [0.1, 0.15) is 11.6 Å². The highest BCUT2D eigenvalue weighted by molar-refractivity contribution is 9.10. The molecule has 0 unspecified atom stereocenters. The molecule has 0 atom stereocenters. The molecule has 7 heteroatoms. The molecule has 0 fully saturated rings. The van der Waals surface area contributed by atoms with Crippen molar-refractivity contribution in [3.05, 3.63) is 50.4 Å². The van der Waals surface area contributed by atoms with E-state index in [1.165, 1.54) is 12.1 Å². The summed E-state index contributed by atoms with van der Waals surface area (Å²) in [5.74, 6) is 0.185. The maximum atomic E-state index is 13.8. The number of halogens is 3. The number of nitrogens with one attached hydrogen (secondary N) is 1. The Morgan fingerprint density at radius 2 is 2.10 bits per heavy atom. The van der Waals surface area contributed by atoms with Gasteiger partial charge in [-0.1, -0.05) is 11.6 Å². The van der Waals surface area contributed by atoms with Crippen LogP contribution in [0.25, 0.3) is 16.7 Å². The number of fused-ring (bicyclic) bond motifs is 1. The molecule has 3 aromatic rings. The van der Waals surface area contributed by atoms with Crippen LogP contribution in [0.2, 0.25) is 5.02 Å². The van der Waals surface area contributed by atoms with Crippen molar-refractivity contribution in [1.82, 2.24) is 9.55 Å². The van der Waals surface area contributed by atoms with Gasteiger partial charge in [-0.25, -0.2) is 4.39 Å². The third-order valence-corrected chi connectivity index (χ3v) is 4.36. The normalized spacial score (nSPS) is 11.0. The van der Waals surface area contributed by atoms with Gasteiger partial charge in [0, 0.05) is 16.6 Å². The fraction of sp³-hybridized carbons (Fsp3) is 0.0714. The van der Waals surface area contributed by atoms with Gasteiger partial charge in [0.2, 0.25) is 0 Å². The lowest BCUT2D eigenvalue weighted by Crippen LogP contribution is -1.97. The predicted octanol–water partition coefficient (Wildman–Crippen LogP) is 5.25. The number of aromatic amines is 1. The van der Waals surface area contributed by atoms with Crippen LogP contribution in [0.5, 0.6) is 5.75 Å². The first-order valence-electron chi connectivity index (χ1n) is 5.95. The topological polar surface area (TPSA) is 29.9 Å². The first-order chi connectivity index (χ1) is 10.0. The molecule has 0 aliphatic carbocycles. The Morgan fingerprint density at radius 1 is 1.33 bits per heavy atom. The predicted molar refractivity (Wildman–Crippen MR) is 87.7 cm³/mol. The summed E-state index contributed by atoms with van der Waals surface area (Å²) >= 11 is 14.6. The smallest absolute Gasteiger partial charge is 0.182 e. The van der Waals surface area contributed by atoms with Crippen LogP contribution in [0.15, 0.2) is 34.8 Å². The highest BCUT2D eigenvalue weighted by Crippen LogP contribution is 2.31. The van der Waals surface area contributed by atoms with Crippen molar-refractivity contribution in [2.45, 2.75) is 0 Å². The summed E-state index contributed by atoms with van der Waals surface area (Å²) in [4.78, 5) is 3.02. The Bertz CT molecular complexity index is 906. The lowest BCUT2D eigenvalue weighted by molar-refractivity contribution is 0.414. The molecule has 0 aliphatic heterocycles. The molecule has 2 aromatic carbocycles. The zero-order chi connectivity index (χ0) is 15.1. The monoisotopic (exact) mass is 386 g/mol. The van der Waals surface area contributed by atoms with E-state index >= 15 is 0 Å². The molecule has 0 bridgehead atoms. The molecule has 0 aliphatic rings. The average Bonchev–Trinajstić information content (AvgIpc) is 2.75. The fourth-order valence-electron chi connectivity index (χ4n) is 2.13. The third-order valence-electron chi connectivity index (χ3n) is 3.12. The minimum absolute atomic E-state index is 0.0515. The maximum absolute atomic E-state index is 13.8. The number of aromatic nitrogens is 2. The Kier molecular flexibility index (Phi) is 3.77. The van der Waals surface area contributed by atoms with Crippen molar-refractivity contribution in [3.63, 3.8) is 0 Å². The number of imidazole rings is 1. The summed E-state index contributed by atoms with van der Waals surface area (Å²) < 4.78 is 22.0. The van der Waals surface area contributed by atoms with Crippen molar-refractivity contribution < 1.29 is 9.13 Å². The average molecular weight is 388 g/mol. The van der Waals surface area contributed by atoms with Crippen LogP contribution in [0, 0.1) is 10.6 Å². The van der Waals surface area contributed by atoms with E-state index in [1.807, 2.05) is 18.2 Å². The molecule has 21 heavy (non-hydrogen) atoms. The van der Waals surface area contributed by atoms with Crippen molar-refractivity contribution in [2.75, 3.05) is 7.11 Å². The number of hydrogen-bond acceptors (Lipinski definition) is 2. The second-order valence-corrected chi connectivity index (χ2v) is 6.01. The van der Waals surface area contributed by atoms with Gasteiger partial charge in [0.25, 0.3) is 0 Å². The van der Waals surface area contributed by atoms with E-state index in [2.05, 4.69) is 20.9 Å². The zero-order valence-electron chi connectivity index (χ0n) is 10.8. The quantitative estimate of drug-likeness (QED) is 0.609. The Hall–Kier alpha value is -1.37. The number of H-pyrrole nitrogens is 1. The summed E-state index contributed by atoms with van der Waals surface area (Å²) in [7, 11) is 1.58. The molecule has 0 radical (unpaired) electrons. The molecular weight excluding hydrogens is 379 g/mol. The molecule has 0 amide bonds. The van der Waals surface area contributed by atoms with Crippen LogP contribution in [-0.2, 0) is 0 Å². The second kappa shape index (κ2) is 5.44. The minimum atomic E-state index is -0.495. The molecule has 0 saturated heterocycles. The molecule has 1 heterocycles. The van der Waals surface area contributed by atoms with E-state index in [4.69, 9.17) is 28.6 Å². The highest BCUT2D eigenvalue weighted by atomic mass is 79.9. The van der Waals surface area contributed by atoms with Gasteiger partial charge in [0.05, 0.1) is 28.9 Å². The molecule has 0 spiro atoms. The van der Waals surface area contributed by atoms with Crippen molar-refractivity contribution in [2.24, 2.45) is 0 Å². The van der Waals surface area contributed by atoms with Gasteiger partial charge in [-0.15, -0.1) is 0 Å². The van der Waals surface area contributed by atoms with Gasteiger partial charge in [0.15, 0.2) is 4.77 Å². The fourth-order valence-corrected chi connectivity index (χ4v) is 3.03. The summed E-state index contributed by atoms with van der Waals surface area (Å²) in [6.07, 6.45) is 0. The summed E-state index contributed by atoms with van der Waals surface area (Å²) in [6, 6.07) is 8.37. The van der Waals surface area contributed by atoms with Gasteiger partial charge in [-0.05, 0) is 46.3 Å². The Balaban J connectivity index is 2.37. The third kappa shape index (κ3) is 2.47. The molecule has 108 valence electrons. The summed E-state index contributed by atoms with van der Waals surface area (Å²) in [6.45, 7) is 0. The number of ether oxygens (including phenoxy) is 1. The first kappa shape index (κ1) is 14.6. The number of methoxy groups -OCH3 is 1. The molecule has 3 nitrogen and oxygen atoms in total. The van der Waals surface area contributed by atoms with Crippen molar-refractivity contribution in [3.8, 4) is 11.4 Å². The SMILES string of the molecule is COc1ccc(Br)c(-n2c(=S)[nH]c3cc(Cl)c(F)cc32)c1. The van der Waals surface area contributed by atoms with Crippen LogP contribution < -0.4 is 4.74 Å². The molecule has 1 aromatic heterocycles. The van der Waals surface area contributed by atoms with Gasteiger partial charge in [-0.3, -0.25) is 4.57 Å². The first-order valence-corrected chi connectivity index (χ1v) is 7.53. The van der Waals surface area contributed by atoms with E-state index < -0.39 is 5.82 Å². The zero-order valence-corrected chi connectivity index (χ0v) is 13.9. The number of hydrogen-bond donors (Lipinski definition) is 1. The van der Waals surface area contributed by atoms with Crippen LogP contribution in [0.4, 0.5) is 4.39 Å². The van der Waals surface area contributed by atoms with E-state index in [0.717, 1.165) is 10.2 Å². The molecule has 0 saturated carbocycles. The Labute approximate surface area is 138 Å². The van der Waals surface area contributed by atoms with E-state index in [9.17, 15) is 4.39 Å². The van der Waals surface area contributed by atoms with Crippen LogP contribution >= 0.6 is 39.7 Å². The molecule has 3 rings (SSSR count). The lowest BCUT2D eigenvalue weighted by Gasteiger charge is -2.09. The number of nitrogens with zero attached hydrogens (tertiary/aromatic N) is 1. The minimum Gasteiger partial charge on any atom is -0.497 e. The largest absolute Gasteiger partial charge is 0.497 e. The van der Waals surface area contributed by atoms with Gasteiger partial charge in [-0.2, -0.15) is 0 Å². The van der Waals surface area contributed by atoms with Gasteiger partial charge >= 0.3 is 0 Å². The molecular formula is C14H9BrClFN2OS. The summed E-state index contributed by atoms with van der Waals surface area (Å²) in [5, 5.41) is 0.0515. The maximum Gasteiger partial charge on any atom is 0.182 e. The number of benzene rings is 2. The van der Waals surface area contributed by atoms with Gasteiger partial charge < -0.3 is 9.72 Å². The molecule has 1 N–H and O–H groups in total. The summed E-state index contributed by atoms with van der Waals surface area (Å²) in [5.41, 5.74) is 2.03. The number of rotatable bonds is 2. The van der Waals surface area contributed by atoms with Crippen molar-refractivity contribution >= 4 is 50.8 Å². The van der Waals surface area contributed by atoms with Crippen LogP contribution in [0.1, 0.15) is 0 Å². The Morgan fingerprint density at radius 3 is 2.81 bits per heavy atom. The van der Waals surface area contributed by atoms with E-state index in [-0.39, 0.29) is 5.02 Å². The van der Waals surface area contributed by atoms with Crippen molar-refractivity contribution in [1.29, 1.82) is 0 Å². The van der Waals surface area contributed by atoms with Crippen LogP contribution in [-0.4, -0.2) is 16.7 Å². The standard InChI is InChI=1S/C14H9BrClFN2OS/c1-20-7-2-3-8(15)12(4-7)19-13-6-10(17)9(16)5-11(13)18-14(19)21/h2-6H,1H3,(H,18,21). The van der Waals surface area contributed by atoms with E-state index in [0.29, 0.717) is 21.6 Å². The lowest BCUT2D eigenvalue weighted by atomic mass is 10.2. The second-order valence-electron chi connectivity index (χ2n) is 4.37. The van der Waals surface area contributed by atoms with E-state index in [1.54, 1.807) is 11.7 Å². The van der Waals surface area contributed by atoms with Crippen LogP contribution in [0.3, 0.4) is 0 Å². The highest BCUT2D eigenvalue weighted by Gasteiger charge is 2.13.